The van der Waals surface area contributed by atoms with Crippen LogP contribution < -0.4 is 0 Å². The summed E-state index contributed by atoms with van der Waals surface area (Å²) in [6.07, 6.45) is 27.8. The van der Waals surface area contributed by atoms with Gasteiger partial charge in [-0.15, -0.1) is 22.3 Å². The van der Waals surface area contributed by atoms with Crippen LogP contribution in [0.15, 0.2) is 321 Å². The van der Waals surface area contributed by atoms with Crippen molar-refractivity contribution in [2.24, 2.45) is 0 Å². The molecule has 0 saturated carbocycles. The van der Waals surface area contributed by atoms with Crippen molar-refractivity contribution in [1.82, 2.24) is 39.4 Å². The van der Waals surface area contributed by atoms with E-state index in [1.54, 1.807) is 30.0 Å². The molecule has 0 amide bonds. The molecule has 0 spiro atoms. The zero-order chi connectivity index (χ0) is 82.1. The molecule has 0 aliphatic rings. The Labute approximate surface area is 824 Å². The summed E-state index contributed by atoms with van der Waals surface area (Å²) in [5.41, 5.74) is 14.0. The number of aromatic nitrogens is 8. The predicted molar refractivity (Wildman–Crippen MR) is 502 cm³/mol. The van der Waals surface area contributed by atoms with Crippen LogP contribution in [-0.4, -0.2) is 39.4 Å². The number of hydrogen-bond donors (Lipinski definition) is 0. The van der Waals surface area contributed by atoms with E-state index < -0.39 is 0 Å². The minimum absolute atomic E-state index is 0. The summed E-state index contributed by atoms with van der Waals surface area (Å²) in [6, 6.07) is 91.1. The molecule has 0 aliphatic heterocycles. The van der Waals surface area contributed by atoms with Crippen LogP contribution in [0.3, 0.4) is 0 Å². The first-order chi connectivity index (χ1) is 60.1. The third kappa shape index (κ3) is 16.3. The van der Waals surface area contributed by atoms with Crippen molar-refractivity contribution in [1.29, 1.82) is 0 Å². The Morgan fingerprint density at radius 2 is 0.625 bits per heavy atom. The topological polar surface area (TPSA) is 156 Å². The van der Waals surface area contributed by atoms with Gasteiger partial charge >= 0.3 is 0 Å². The molecule has 26 aromatic rings. The summed E-state index contributed by atoms with van der Waals surface area (Å²) in [5, 5.41) is 36.6. The zero-order valence-electron chi connectivity index (χ0n) is 69.0. The summed E-state index contributed by atoms with van der Waals surface area (Å²) < 4.78 is 29.1. The molecule has 638 valence electrons. The Morgan fingerprint density at radius 3 is 1.08 bits per heavy atom. The molecule has 0 atom stereocenters. The third-order valence-corrected chi connectivity index (χ3v) is 24.9. The van der Waals surface area contributed by atoms with Crippen LogP contribution in [0.1, 0.15) is 61.8 Å². The van der Waals surface area contributed by atoms with E-state index in [0.717, 1.165) is 136 Å². The number of rotatable bonds is 4. The van der Waals surface area contributed by atoms with E-state index in [0.29, 0.717) is 11.8 Å². The van der Waals surface area contributed by atoms with Crippen molar-refractivity contribution in [3.8, 4) is 22.6 Å². The Bertz CT molecular complexity index is 7700. The molecule has 12 aromatic heterocycles. The number of thiophene rings is 1. The van der Waals surface area contributed by atoms with Gasteiger partial charge in [0, 0.05) is 200 Å². The average molecular weight is 2760 g/mol. The fraction of sp³-hybridized carbons (Fsp3) is 0.0741. The van der Waals surface area contributed by atoms with Gasteiger partial charge in [-0.05, 0) is 198 Å². The third-order valence-electron chi connectivity index (χ3n) is 23.2. The number of fused-ring (bicyclic) bond motifs is 36. The molecule has 20 heteroatoms. The quantitative estimate of drug-likeness (QED) is 0.122. The van der Waals surface area contributed by atoms with E-state index in [4.69, 9.17) is 22.8 Å². The molecule has 12 heterocycles. The maximum atomic E-state index is 6.23. The first-order valence-electron chi connectivity index (χ1n) is 40.5. The summed E-state index contributed by atoms with van der Waals surface area (Å²) in [4.78, 5) is 27.1. The molecule has 26 rings (SSSR count). The summed E-state index contributed by atoms with van der Waals surface area (Å²) in [7, 11) is 0. The van der Waals surface area contributed by atoms with Crippen LogP contribution in [-0.2, 0) is 121 Å². The van der Waals surface area contributed by atoms with E-state index in [1.165, 1.54) is 113 Å². The summed E-state index contributed by atoms with van der Waals surface area (Å²) in [6.45, 7) is 13.2. The zero-order valence-corrected chi connectivity index (χ0v) is 85.1. The Hall–Kier alpha value is -11.1. The molecule has 0 N–H and O–H groups in total. The van der Waals surface area contributed by atoms with E-state index in [2.05, 4.69) is 301 Å². The molecule has 0 unspecified atom stereocenters. The van der Waals surface area contributed by atoms with Crippen molar-refractivity contribution in [2.75, 3.05) is 0 Å². The fourth-order valence-electron chi connectivity index (χ4n) is 17.7. The van der Waals surface area contributed by atoms with Gasteiger partial charge < -0.3 is 47.7 Å². The fourth-order valence-corrected chi connectivity index (χ4v) is 19.3. The molecular weight excluding hydrogens is 2690 g/mol. The summed E-state index contributed by atoms with van der Waals surface area (Å²) >= 11 is 3.22. The van der Waals surface area contributed by atoms with Gasteiger partial charge in [-0.3, -0.25) is 4.37 Å². The number of benzene rings is 14. The predicted octanol–water partition coefficient (Wildman–Crippen LogP) is 29.5. The summed E-state index contributed by atoms with van der Waals surface area (Å²) in [5.74, 6) is 2.59. The van der Waals surface area contributed by atoms with Gasteiger partial charge in [0.2, 0.25) is 0 Å². The normalized spacial score (nSPS) is 11.1. The van der Waals surface area contributed by atoms with Gasteiger partial charge in [-0.2, -0.15) is 11.2 Å². The van der Waals surface area contributed by atoms with Crippen molar-refractivity contribution < 1.29 is 138 Å². The van der Waals surface area contributed by atoms with Crippen LogP contribution >= 0.6 is 22.9 Å². The van der Waals surface area contributed by atoms with E-state index >= 15 is 0 Å². The molecule has 0 saturated heterocycles. The number of pyridine rings is 6. The van der Waals surface area contributed by atoms with Crippen LogP contribution in [0, 0.1) is 51.2 Å². The van der Waals surface area contributed by atoms with Crippen molar-refractivity contribution >= 4 is 216 Å². The maximum Gasteiger partial charge on any atom is 0.0448 e. The molecule has 0 fully saturated rings. The smallest absolute Gasteiger partial charge is 0.0448 e. The Morgan fingerprint density at radius 1 is 0.289 bits per heavy atom. The van der Waals surface area contributed by atoms with Crippen LogP contribution in [0.5, 0.6) is 0 Å². The number of furan rings is 3. The minimum Gasteiger partial charge on any atom is -0.565 e. The Balaban J connectivity index is 0.000000119. The molecule has 0 aliphatic carbocycles. The van der Waals surface area contributed by atoms with Crippen LogP contribution in [0.25, 0.3) is 216 Å². The van der Waals surface area contributed by atoms with Crippen LogP contribution in [0.2, 0.25) is 0 Å². The average Bonchev–Trinajstić information content (AvgIpc) is 1.51. The second-order valence-corrected chi connectivity index (χ2v) is 32.5. The SMILES string of the molecule is CC(C)c1cccc(C(C)C)c1-c1o[c-]c2c3ncccc3c3ccccc3c12.Cc1cccc(C)c1-c1o[c-]c2c3ncccc3c3ccccc3c12.[Ir].[Ir].[Ir].[Ir].[Ir].[Ir].[c-]1csc2c1c1ncccc1c1ccccc12.[c-]1nsc2c1c1ncccc1c1ccccc12.[c-]1occ2c1c1ncccc1c1ccccc21.[c-]1onc2c1c1ncccc1c1ccccc12. The van der Waals surface area contributed by atoms with E-state index in [-0.39, 0.29) is 121 Å². The monoisotopic (exact) mass is 2760 g/mol. The number of aryl methyl sites for hydroxylation is 2. The molecule has 6 radical (unpaired) electrons. The largest absolute Gasteiger partial charge is 0.565 e. The second kappa shape index (κ2) is 39.5. The molecule has 14 aromatic carbocycles. The van der Waals surface area contributed by atoms with Gasteiger partial charge in [0.05, 0.1) is 0 Å². The van der Waals surface area contributed by atoms with Crippen molar-refractivity contribution in [3.63, 3.8) is 0 Å². The van der Waals surface area contributed by atoms with E-state index in [9.17, 15) is 0 Å². The standard InChI is InChI=1S/C27H24NO.C23H16NO.C15H8NO.C15H8NS.C14H7N2O.C14H7N2S.6Ir/c1-16(2)18-11-7-12-19(17(3)4)24(18)27-25-21-10-6-5-9-20(21)22-13-8-14-28-26(22)23(25)15-29-27;1-14-7-5-8-15(2)20(14)23-21-17-10-4-3-9-16(17)18-11-6-12-24-22(18)19(21)13-25-23;1-2-5-11-10(4-1)12-6-3-7-16-15(12)14-9-17-8-13(11)14;1-2-5-12-10(4-1)11-6-3-8-16-14(11)13-7-9-17-15(12)13;1-2-5-11-9(4-1)10-6-3-7-15-13(10)12-8-17-16-14(11)12;1-2-5-11-9(4-1)10-6-3-7-15-13(10)12-8-16-17-14(11)12;;;;;;/h5-14,16-17H,1-4H3;3-12H,1-2H3;1-8H;1-6,8-9H;2*1-7H;;;;;;/q6*-1;;;;;;. The van der Waals surface area contributed by atoms with Crippen molar-refractivity contribution in [2.45, 2.75) is 53.4 Å². The van der Waals surface area contributed by atoms with E-state index in [1.807, 2.05) is 96.9 Å². The van der Waals surface area contributed by atoms with Gasteiger partial charge in [0.1, 0.15) is 0 Å². The van der Waals surface area contributed by atoms with Gasteiger partial charge in [0.15, 0.2) is 0 Å². The molecule has 12 nitrogen and oxygen atoms in total. The number of nitrogens with zero attached hydrogens (tertiary/aromatic N) is 8. The second-order valence-electron chi connectivity index (χ2n) is 30.8. The molecular formula is C108H70Ir6N8O4S2-6. The van der Waals surface area contributed by atoms with Gasteiger partial charge in [0.25, 0.3) is 0 Å². The molecule has 128 heavy (non-hydrogen) atoms. The van der Waals surface area contributed by atoms with Crippen LogP contribution in [0.4, 0.5) is 0 Å². The first kappa shape index (κ1) is 91.7. The number of hydrogen-bond acceptors (Lipinski definition) is 14. The van der Waals surface area contributed by atoms with Crippen molar-refractivity contribution in [3.05, 3.63) is 363 Å². The first-order valence-corrected chi connectivity index (χ1v) is 42.1. The maximum absolute atomic E-state index is 6.23. The minimum atomic E-state index is 0. The molecule has 0 bridgehead atoms. The van der Waals surface area contributed by atoms with Gasteiger partial charge in [-0.25, -0.2) is 11.3 Å². The van der Waals surface area contributed by atoms with Gasteiger partial charge in [-0.1, -0.05) is 338 Å². The Kier molecular flexibility index (Phi) is 28.3.